The lowest BCUT2D eigenvalue weighted by molar-refractivity contribution is 0.259. The van der Waals surface area contributed by atoms with Crippen LogP contribution in [-0.2, 0) is 16.4 Å². The fraction of sp³-hybridized carbons (Fsp3) is 0.842. The van der Waals surface area contributed by atoms with E-state index in [9.17, 15) is 8.42 Å². The molecule has 2 aliphatic carbocycles. The molecule has 2 saturated carbocycles. The van der Waals surface area contributed by atoms with Gasteiger partial charge in [0.25, 0.3) is 0 Å². The Kier molecular flexibility index (Phi) is 4.47. The summed E-state index contributed by atoms with van der Waals surface area (Å²) in [6.45, 7) is 7.31. The van der Waals surface area contributed by atoms with E-state index in [1.54, 1.807) is 0 Å². The molecule has 5 atom stereocenters. The number of hydrogen-bond acceptors (Lipinski definition) is 4. The molecule has 1 N–H and O–H groups in total. The molecule has 4 rings (SSSR count). The van der Waals surface area contributed by atoms with Gasteiger partial charge in [-0.15, -0.1) is 0 Å². The molecule has 1 aromatic rings. The highest BCUT2D eigenvalue weighted by atomic mass is 32.2. The van der Waals surface area contributed by atoms with E-state index in [0.717, 1.165) is 35.7 Å². The minimum atomic E-state index is -2.88. The van der Waals surface area contributed by atoms with Gasteiger partial charge in [-0.25, -0.2) is 8.42 Å². The van der Waals surface area contributed by atoms with Crippen molar-refractivity contribution in [2.45, 2.75) is 71.5 Å². The number of hydrogen-bond donors (Lipinski definition) is 1. The molecule has 2 heterocycles. The number of aryl methyl sites for hydroxylation is 1. The number of fused-ring (bicyclic) bond motifs is 2. The zero-order valence-corrected chi connectivity index (χ0v) is 16.5. The fourth-order valence-electron chi connectivity index (χ4n) is 5.60. The third-order valence-electron chi connectivity index (χ3n) is 7.06. The molecule has 3 aliphatic rings. The lowest BCUT2D eigenvalue weighted by Crippen LogP contribution is -2.36. The van der Waals surface area contributed by atoms with Crippen molar-refractivity contribution in [1.82, 2.24) is 15.1 Å². The summed E-state index contributed by atoms with van der Waals surface area (Å²) in [4.78, 5) is 0. The van der Waals surface area contributed by atoms with Gasteiger partial charge in [0.1, 0.15) is 0 Å². The molecule has 25 heavy (non-hydrogen) atoms. The second-order valence-corrected chi connectivity index (χ2v) is 10.9. The minimum absolute atomic E-state index is 0.0143. The summed E-state index contributed by atoms with van der Waals surface area (Å²) in [6, 6.07) is 0.560. The Bertz CT molecular complexity index is 755. The summed E-state index contributed by atoms with van der Waals surface area (Å²) < 4.78 is 25.5. The molecule has 0 radical (unpaired) electrons. The molecular formula is C19H31N3O2S. The molecule has 1 aliphatic heterocycles. The van der Waals surface area contributed by atoms with Crippen molar-refractivity contribution in [3.8, 4) is 0 Å². The first-order valence-corrected chi connectivity index (χ1v) is 11.6. The van der Waals surface area contributed by atoms with Crippen LogP contribution in [-0.4, -0.2) is 35.7 Å². The average Bonchev–Trinajstić information content (AvgIpc) is 3.30. The van der Waals surface area contributed by atoms with Gasteiger partial charge in [0.05, 0.1) is 23.2 Å². The van der Waals surface area contributed by atoms with E-state index >= 15 is 0 Å². The number of nitrogens with zero attached hydrogens (tertiary/aromatic N) is 2. The molecule has 6 heteroatoms. The number of rotatable bonds is 5. The predicted molar refractivity (Wildman–Crippen MR) is 99.2 cm³/mol. The smallest absolute Gasteiger partial charge is 0.152 e. The standard InChI is InChI=1S/C19H31N3O2S/c1-12(18-9-15-4-5-16(18)8-15)20-10-19-13(2)21-22(14(19)3)17-6-7-25(23,24)11-17/h12,15-18,20H,4-11H2,1-3H3/t12-,15-,16-,17+,18+/m0/s1. The summed E-state index contributed by atoms with van der Waals surface area (Å²) >= 11 is 0. The van der Waals surface area contributed by atoms with Crippen LogP contribution in [0.3, 0.4) is 0 Å². The molecule has 1 aromatic heterocycles. The van der Waals surface area contributed by atoms with E-state index in [-0.39, 0.29) is 11.8 Å². The van der Waals surface area contributed by atoms with Crippen LogP contribution in [0.5, 0.6) is 0 Å². The predicted octanol–water partition coefficient (Wildman–Crippen LogP) is 2.77. The third-order valence-corrected chi connectivity index (χ3v) is 8.82. The summed E-state index contributed by atoms with van der Waals surface area (Å²) in [5.41, 5.74) is 3.42. The maximum atomic E-state index is 11.8. The maximum Gasteiger partial charge on any atom is 0.152 e. The Hall–Kier alpha value is -0.880. The van der Waals surface area contributed by atoms with E-state index in [2.05, 4.69) is 24.3 Å². The Labute approximate surface area is 151 Å². The highest BCUT2D eigenvalue weighted by Crippen LogP contribution is 2.49. The van der Waals surface area contributed by atoms with Gasteiger partial charge in [0, 0.05) is 23.8 Å². The monoisotopic (exact) mass is 365 g/mol. The summed E-state index contributed by atoms with van der Waals surface area (Å²) in [5.74, 6) is 3.28. The van der Waals surface area contributed by atoms with E-state index in [1.165, 1.54) is 31.2 Å². The maximum absolute atomic E-state index is 11.8. The first kappa shape index (κ1) is 17.5. The van der Waals surface area contributed by atoms with Crippen molar-refractivity contribution < 1.29 is 8.42 Å². The molecule has 0 unspecified atom stereocenters. The lowest BCUT2D eigenvalue weighted by atomic mass is 9.84. The second-order valence-electron chi connectivity index (χ2n) is 8.66. The minimum Gasteiger partial charge on any atom is -0.310 e. The number of sulfone groups is 1. The van der Waals surface area contributed by atoms with Crippen molar-refractivity contribution in [3.63, 3.8) is 0 Å². The summed E-state index contributed by atoms with van der Waals surface area (Å²) in [6.07, 6.45) is 6.41. The van der Waals surface area contributed by atoms with Crippen LogP contribution >= 0.6 is 0 Å². The number of aromatic nitrogens is 2. The van der Waals surface area contributed by atoms with Crippen LogP contribution in [0.15, 0.2) is 0 Å². The first-order chi connectivity index (χ1) is 11.8. The van der Waals surface area contributed by atoms with Crippen molar-refractivity contribution in [3.05, 3.63) is 17.0 Å². The molecule has 140 valence electrons. The van der Waals surface area contributed by atoms with Crippen LogP contribution in [0.2, 0.25) is 0 Å². The van der Waals surface area contributed by atoms with Crippen LogP contribution < -0.4 is 5.32 Å². The highest BCUT2D eigenvalue weighted by Gasteiger charge is 2.41. The SMILES string of the molecule is Cc1nn([C@@H]2CCS(=O)(=O)C2)c(C)c1CN[C@@H](C)[C@H]1C[C@H]2CC[C@H]1C2. The highest BCUT2D eigenvalue weighted by molar-refractivity contribution is 7.91. The van der Waals surface area contributed by atoms with Gasteiger partial charge in [-0.2, -0.15) is 5.10 Å². The van der Waals surface area contributed by atoms with Crippen LogP contribution in [0, 0.1) is 31.6 Å². The molecule has 2 bridgehead atoms. The van der Waals surface area contributed by atoms with Gasteiger partial charge < -0.3 is 5.32 Å². The quantitative estimate of drug-likeness (QED) is 0.871. The summed E-state index contributed by atoms with van der Waals surface area (Å²) in [5, 5.41) is 8.44. The summed E-state index contributed by atoms with van der Waals surface area (Å²) in [7, 11) is -2.88. The molecular weight excluding hydrogens is 334 g/mol. The van der Waals surface area contributed by atoms with Crippen LogP contribution in [0.4, 0.5) is 0 Å². The van der Waals surface area contributed by atoms with Gasteiger partial charge in [-0.05, 0) is 64.2 Å². The van der Waals surface area contributed by atoms with Crippen LogP contribution in [0.25, 0.3) is 0 Å². The third kappa shape index (κ3) is 3.27. The largest absolute Gasteiger partial charge is 0.310 e. The lowest BCUT2D eigenvalue weighted by Gasteiger charge is -2.28. The molecule has 3 fully saturated rings. The molecule has 5 nitrogen and oxygen atoms in total. The van der Waals surface area contributed by atoms with Crippen LogP contribution in [0.1, 0.15) is 62.0 Å². The fourth-order valence-corrected chi connectivity index (χ4v) is 7.29. The van der Waals surface area contributed by atoms with E-state index in [4.69, 9.17) is 0 Å². The number of nitrogens with one attached hydrogen (secondary N) is 1. The Morgan fingerprint density at radius 1 is 1.24 bits per heavy atom. The van der Waals surface area contributed by atoms with E-state index in [1.807, 2.05) is 11.6 Å². The van der Waals surface area contributed by atoms with Gasteiger partial charge in [0.2, 0.25) is 0 Å². The molecule has 1 saturated heterocycles. The van der Waals surface area contributed by atoms with Crippen molar-refractivity contribution in [1.29, 1.82) is 0 Å². The van der Waals surface area contributed by atoms with Gasteiger partial charge in [-0.3, -0.25) is 4.68 Å². The van der Waals surface area contributed by atoms with Gasteiger partial charge in [0.15, 0.2) is 9.84 Å². The van der Waals surface area contributed by atoms with Gasteiger partial charge >= 0.3 is 0 Å². The molecule has 0 aromatic carbocycles. The normalized spacial score (nSPS) is 34.7. The van der Waals surface area contributed by atoms with Gasteiger partial charge in [-0.1, -0.05) is 6.42 Å². The zero-order valence-electron chi connectivity index (χ0n) is 15.7. The van der Waals surface area contributed by atoms with Crippen molar-refractivity contribution in [2.24, 2.45) is 17.8 Å². The first-order valence-electron chi connectivity index (χ1n) is 9.82. The Morgan fingerprint density at radius 3 is 2.64 bits per heavy atom. The van der Waals surface area contributed by atoms with Crippen molar-refractivity contribution in [2.75, 3.05) is 11.5 Å². The second kappa shape index (κ2) is 6.38. The van der Waals surface area contributed by atoms with E-state index < -0.39 is 9.84 Å². The zero-order chi connectivity index (χ0) is 17.8. The Morgan fingerprint density at radius 2 is 2.04 bits per heavy atom. The Balaban J connectivity index is 1.43. The van der Waals surface area contributed by atoms with Crippen molar-refractivity contribution >= 4 is 9.84 Å². The molecule has 0 amide bonds. The average molecular weight is 366 g/mol. The topological polar surface area (TPSA) is 64.0 Å². The van der Waals surface area contributed by atoms with E-state index in [0.29, 0.717) is 18.2 Å². The molecule has 0 spiro atoms.